The zero-order chi connectivity index (χ0) is 51.4. The Morgan fingerprint density at radius 3 is 1.27 bits per heavy atom. The van der Waals surface area contributed by atoms with Crippen LogP contribution in [0, 0.1) is 6.92 Å². The molecule has 0 radical (unpaired) electrons. The van der Waals surface area contributed by atoms with Gasteiger partial charge in [-0.2, -0.15) is 8.42 Å². The van der Waals surface area contributed by atoms with E-state index < -0.39 is 21.3 Å². The van der Waals surface area contributed by atoms with Gasteiger partial charge >= 0.3 is 0 Å². The van der Waals surface area contributed by atoms with Gasteiger partial charge in [-0.25, -0.2) is 0 Å². The van der Waals surface area contributed by atoms with Crippen molar-refractivity contribution in [3.8, 4) is 17.2 Å². The molecular weight excluding hydrogens is 909 g/mol. The van der Waals surface area contributed by atoms with Gasteiger partial charge in [-0.15, -0.1) is 0 Å². The first-order valence-electron chi connectivity index (χ1n) is 25.2. The van der Waals surface area contributed by atoms with Crippen LogP contribution in [0.2, 0.25) is 0 Å². The minimum Gasteiger partial charge on any atom is -0.491 e. The third-order valence-electron chi connectivity index (χ3n) is 12.2. The van der Waals surface area contributed by atoms with E-state index in [9.17, 15) is 8.42 Å². The van der Waals surface area contributed by atoms with Gasteiger partial charge in [0.1, 0.15) is 37.1 Å². The molecule has 0 unspecified atom stereocenters. The summed E-state index contributed by atoms with van der Waals surface area (Å²) < 4.78 is 85.4. The number of fused-ring (bicyclic) bond motifs is 1. The largest absolute Gasteiger partial charge is 0.491 e. The maximum absolute atomic E-state index is 12.5. The van der Waals surface area contributed by atoms with Crippen molar-refractivity contribution in [1.82, 2.24) is 0 Å². The van der Waals surface area contributed by atoms with Gasteiger partial charge in [-0.1, -0.05) is 87.9 Å². The lowest BCUT2D eigenvalue weighted by Crippen LogP contribution is -2.32. The standard InChI is InChI=1S/C57H86O12S/c1-43(2)47-17-14-18-48(44(3)4)53(47)64-38-36-61-32-28-55(8,9)65-33-29-56(10,11)67-40-39-63-52-22-16-19-49-50(52)20-15-21-51(49)62-37-35-60-31-27-54(6,7)66-34-30-57(12,13)68-41-42-69-70(58,59)46-25-23-45(5)24-26-46/h14-26,43-44H,27-42H2,1-13H3. The molecule has 0 fully saturated rings. The number of hydrogen-bond acceptors (Lipinski definition) is 12. The van der Waals surface area contributed by atoms with Gasteiger partial charge < -0.3 is 42.6 Å². The highest BCUT2D eigenvalue weighted by Crippen LogP contribution is 2.35. The fourth-order valence-corrected chi connectivity index (χ4v) is 8.44. The Morgan fingerprint density at radius 2 is 0.814 bits per heavy atom. The summed E-state index contributed by atoms with van der Waals surface area (Å²) in [6.45, 7) is 32.0. The van der Waals surface area contributed by atoms with Crippen molar-refractivity contribution in [1.29, 1.82) is 0 Å². The Balaban J connectivity index is 1.07. The van der Waals surface area contributed by atoms with E-state index in [0.717, 1.165) is 46.4 Å². The van der Waals surface area contributed by atoms with Crippen molar-refractivity contribution < 1.29 is 55.2 Å². The number of para-hydroxylation sites is 1. The second-order valence-electron chi connectivity index (χ2n) is 21.0. The summed E-state index contributed by atoms with van der Waals surface area (Å²) in [7, 11) is -3.83. The van der Waals surface area contributed by atoms with E-state index in [1.54, 1.807) is 24.3 Å². The summed E-state index contributed by atoms with van der Waals surface area (Å²) in [6, 6.07) is 25.0. The number of benzene rings is 4. The van der Waals surface area contributed by atoms with Crippen LogP contribution in [0.4, 0.5) is 0 Å². The molecule has 0 aliphatic rings. The molecule has 70 heavy (non-hydrogen) atoms. The van der Waals surface area contributed by atoms with Gasteiger partial charge in [0.2, 0.25) is 0 Å². The Labute approximate surface area is 421 Å². The predicted molar refractivity (Wildman–Crippen MR) is 280 cm³/mol. The molecule has 0 bridgehead atoms. The molecule has 4 rings (SSSR count). The van der Waals surface area contributed by atoms with E-state index in [1.807, 2.05) is 71.0 Å². The molecule has 4 aromatic carbocycles. The fraction of sp³-hybridized carbons (Fsp3) is 0.614. The predicted octanol–water partition coefficient (Wildman–Crippen LogP) is 12.4. The Kier molecular flexibility index (Phi) is 23.4. The molecule has 13 heteroatoms. The minimum absolute atomic E-state index is 0.0687. The van der Waals surface area contributed by atoms with Crippen LogP contribution in [-0.2, 0) is 42.7 Å². The molecule has 0 spiro atoms. The molecule has 0 heterocycles. The lowest BCUT2D eigenvalue weighted by atomic mass is 9.94. The maximum Gasteiger partial charge on any atom is 0.297 e. The van der Waals surface area contributed by atoms with E-state index in [4.69, 9.17) is 46.8 Å². The van der Waals surface area contributed by atoms with Crippen LogP contribution in [0.15, 0.2) is 83.8 Å². The maximum atomic E-state index is 12.5. The molecule has 0 aromatic heterocycles. The van der Waals surface area contributed by atoms with Crippen molar-refractivity contribution in [2.75, 3.05) is 79.3 Å². The summed E-state index contributed by atoms with van der Waals surface area (Å²) in [5.41, 5.74) is 1.81. The molecule has 4 aromatic rings. The Bertz CT molecular complexity index is 2220. The number of aryl methyl sites for hydroxylation is 1. The van der Waals surface area contributed by atoms with Gasteiger partial charge in [0.15, 0.2) is 0 Å². The van der Waals surface area contributed by atoms with E-state index in [1.165, 1.54) is 11.1 Å². The molecule has 0 saturated carbocycles. The topological polar surface area (TPSA) is 126 Å². The molecule has 0 aliphatic carbocycles. The molecule has 12 nitrogen and oxygen atoms in total. The lowest BCUT2D eigenvalue weighted by molar-refractivity contribution is -0.0847. The first-order valence-corrected chi connectivity index (χ1v) is 26.6. The Hall–Kier alpha value is -3.79. The van der Waals surface area contributed by atoms with Crippen molar-refractivity contribution in [2.24, 2.45) is 0 Å². The van der Waals surface area contributed by atoms with E-state index in [-0.39, 0.29) is 29.3 Å². The number of rotatable bonds is 35. The summed E-state index contributed by atoms with van der Waals surface area (Å²) in [4.78, 5) is 0.132. The molecule has 0 aliphatic heterocycles. The molecule has 0 N–H and O–H groups in total. The highest BCUT2D eigenvalue weighted by Gasteiger charge is 2.25. The second-order valence-corrected chi connectivity index (χ2v) is 22.6. The molecule has 392 valence electrons. The van der Waals surface area contributed by atoms with Gasteiger partial charge in [0.25, 0.3) is 10.1 Å². The molecule has 0 atom stereocenters. The summed E-state index contributed by atoms with van der Waals surface area (Å²) >= 11 is 0. The highest BCUT2D eigenvalue weighted by atomic mass is 32.2. The van der Waals surface area contributed by atoms with Gasteiger partial charge in [-0.05, 0) is 135 Å². The van der Waals surface area contributed by atoms with Crippen molar-refractivity contribution in [2.45, 2.75) is 155 Å². The molecule has 0 amide bonds. The van der Waals surface area contributed by atoms with Gasteiger partial charge in [0, 0.05) is 24.0 Å². The third kappa shape index (κ3) is 20.7. The third-order valence-corrected chi connectivity index (χ3v) is 13.5. The van der Waals surface area contributed by atoms with Gasteiger partial charge in [0.05, 0.1) is 73.5 Å². The minimum atomic E-state index is -3.83. The average molecular weight is 995 g/mol. The van der Waals surface area contributed by atoms with Crippen molar-refractivity contribution in [3.63, 3.8) is 0 Å². The zero-order valence-electron chi connectivity index (χ0n) is 44.8. The zero-order valence-corrected chi connectivity index (χ0v) is 45.6. The van der Waals surface area contributed by atoms with Crippen LogP contribution in [0.1, 0.15) is 137 Å². The Morgan fingerprint density at radius 1 is 0.429 bits per heavy atom. The van der Waals surface area contributed by atoms with Crippen LogP contribution in [-0.4, -0.2) is 110 Å². The van der Waals surface area contributed by atoms with Gasteiger partial charge in [-0.3, -0.25) is 4.18 Å². The monoisotopic (exact) mass is 995 g/mol. The first kappa shape index (κ1) is 58.8. The average Bonchev–Trinajstić information content (AvgIpc) is 3.28. The normalized spacial score (nSPS) is 12.9. The van der Waals surface area contributed by atoms with Crippen molar-refractivity contribution in [3.05, 3.63) is 95.6 Å². The fourth-order valence-electron chi connectivity index (χ4n) is 7.55. The summed E-state index contributed by atoms with van der Waals surface area (Å²) in [5, 5.41) is 1.93. The lowest BCUT2D eigenvalue weighted by Gasteiger charge is -2.30. The molecule has 0 saturated heterocycles. The quantitative estimate of drug-likeness (QED) is 0.0322. The van der Waals surface area contributed by atoms with Crippen LogP contribution in [0.5, 0.6) is 17.2 Å². The summed E-state index contributed by atoms with van der Waals surface area (Å²) in [5.74, 6) is 3.33. The number of ether oxygens (including phenoxy) is 9. The van der Waals surface area contributed by atoms with E-state index in [2.05, 4.69) is 73.6 Å². The first-order chi connectivity index (χ1) is 33.0. The van der Waals surface area contributed by atoms with E-state index >= 15 is 0 Å². The molecular formula is C57H86O12S. The summed E-state index contributed by atoms with van der Waals surface area (Å²) in [6.07, 6.45) is 2.84. The van der Waals surface area contributed by atoms with Crippen LogP contribution < -0.4 is 14.2 Å². The van der Waals surface area contributed by atoms with Crippen LogP contribution in [0.3, 0.4) is 0 Å². The SMILES string of the molecule is Cc1ccc(S(=O)(=O)OCCOC(C)(C)CCOC(C)(C)CCOCCOc2cccc3c(OCCOC(C)(C)CCOC(C)(C)CCOCCOc4c(C(C)C)cccc4C(C)C)cccc23)cc1. The van der Waals surface area contributed by atoms with Crippen molar-refractivity contribution >= 4 is 20.9 Å². The van der Waals surface area contributed by atoms with E-state index in [0.29, 0.717) is 90.7 Å². The second kappa shape index (κ2) is 27.9. The number of hydrogen-bond donors (Lipinski definition) is 0. The van der Waals surface area contributed by atoms with Crippen LogP contribution >= 0.6 is 0 Å². The highest BCUT2D eigenvalue weighted by molar-refractivity contribution is 7.86. The van der Waals surface area contributed by atoms with Crippen LogP contribution in [0.25, 0.3) is 10.8 Å². The smallest absolute Gasteiger partial charge is 0.297 e.